The topological polar surface area (TPSA) is 21.3 Å². The quantitative estimate of drug-likeness (QED) is 0.851. The van der Waals surface area contributed by atoms with E-state index >= 15 is 0 Å². The molecule has 2 atom stereocenters. The highest BCUT2D eigenvalue weighted by atomic mass is 16.5. The molecule has 0 amide bonds. The third kappa shape index (κ3) is 2.33. The normalized spacial score (nSPS) is 50.9. The lowest BCUT2D eigenvalue weighted by Crippen LogP contribution is -2.58. The van der Waals surface area contributed by atoms with E-state index in [1.807, 2.05) is 0 Å². The van der Waals surface area contributed by atoms with Crippen LogP contribution in [0.4, 0.5) is 0 Å². The van der Waals surface area contributed by atoms with Crippen LogP contribution in [0.15, 0.2) is 0 Å². The summed E-state index contributed by atoms with van der Waals surface area (Å²) in [4.78, 5) is 0. The molecule has 0 radical (unpaired) electrons. The number of ether oxygens (including phenoxy) is 1. The van der Waals surface area contributed by atoms with E-state index in [-0.39, 0.29) is 0 Å². The van der Waals surface area contributed by atoms with Crippen molar-refractivity contribution in [2.75, 3.05) is 13.1 Å². The molecule has 4 saturated carbocycles. The van der Waals surface area contributed by atoms with E-state index < -0.39 is 0 Å². The second-order valence-corrected chi connectivity index (χ2v) is 8.81. The molecule has 4 aliphatic carbocycles. The molecule has 0 spiro atoms. The molecule has 0 aromatic carbocycles. The molecule has 0 aromatic rings. The standard InChI is InChI=1S/C18H31NO/c1-12(2)3-16-10-19-11-17(20-16)18-7-13-4-14(8-18)6-15(5-13)9-18/h12-17,19H,3-11H2,1-2H3. The molecular weight excluding hydrogens is 246 g/mol. The van der Waals surface area contributed by atoms with Crippen LogP contribution in [-0.2, 0) is 4.74 Å². The van der Waals surface area contributed by atoms with Crippen LogP contribution in [-0.4, -0.2) is 25.3 Å². The van der Waals surface area contributed by atoms with E-state index in [9.17, 15) is 0 Å². The minimum Gasteiger partial charge on any atom is -0.372 e. The zero-order valence-corrected chi connectivity index (χ0v) is 13.2. The van der Waals surface area contributed by atoms with Gasteiger partial charge in [0, 0.05) is 13.1 Å². The van der Waals surface area contributed by atoms with Gasteiger partial charge in [-0.1, -0.05) is 13.8 Å². The Labute approximate surface area is 124 Å². The minimum absolute atomic E-state index is 0.460. The van der Waals surface area contributed by atoms with Crippen LogP contribution in [0.2, 0.25) is 0 Å². The Morgan fingerprint density at radius 2 is 1.60 bits per heavy atom. The smallest absolute Gasteiger partial charge is 0.0760 e. The van der Waals surface area contributed by atoms with E-state index in [0.717, 1.165) is 36.8 Å². The fourth-order valence-corrected chi connectivity index (χ4v) is 6.30. The lowest BCUT2D eigenvalue weighted by Gasteiger charge is -2.60. The number of rotatable bonds is 3. The van der Waals surface area contributed by atoms with Gasteiger partial charge >= 0.3 is 0 Å². The first-order valence-corrected chi connectivity index (χ1v) is 8.99. The fourth-order valence-electron chi connectivity index (χ4n) is 6.30. The highest BCUT2D eigenvalue weighted by Gasteiger charge is 2.55. The molecule has 2 heteroatoms. The van der Waals surface area contributed by atoms with Gasteiger partial charge in [-0.2, -0.15) is 0 Å². The van der Waals surface area contributed by atoms with Gasteiger partial charge in [-0.15, -0.1) is 0 Å². The maximum atomic E-state index is 6.62. The SMILES string of the molecule is CC(C)CC1CNCC(C23CC4CC(CC(C4)C2)C3)O1. The van der Waals surface area contributed by atoms with Crippen LogP contribution in [0.1, 0.15) is 58.8 Å². The van der Waals surface area contributed by atoms with Crippen LogP contribution in [0, 0.1) is 29.1 Å². The summed E-state index contributed by atoms with van der Waals surface area (Å²) in [5.41, 5.74) is 0.553. The van der Waals surface area contributed by atoms with Crippen molar-refractivity contribution in [1.29, 1.82) is 0 Å². The summed E-state index contributed by atoms with van der Waals surface area (Å²) in [7, 11) is 0. The monoisotopic (exact) mass is 277 g/mol. The van der Waals surface area contributed by atoms with Crippen LogP contribution in [0.5, 0.6) is 0 Å². The zero-order valence-electron chi connectivity index (χ0n) is 13.2. The van der Waals surface area contributed by atoms with Crippen molar-refractivity contribution >= 4 is 0 Å². The Hall–Kier alpha value is -0.0800. The summed E-state index contributed by atoms with van der Waals surface area (Å²) in [6.07, 6.45) is 11.2. The first-order valence-electron chi connectivity index (χ1n) is 8.99. The van der Waals surface area contributed by atoms with Gasteiger partial charge < -0.3 is 10.1 Å². The molecule has 5 aliphatic rings. The van der Waals surface area contributed by atoms with Gasteiger partial charge in [0.2, 0.25) is 0 Å². The van der Waals surface area contributed by atoms with Crippen LogP contribution in [0.25, 0.3) is 0 Å². The number of hydrogen-bond donors (Lipinski definition) is 1. The number of morpholine rings is 1. The van der Waals surface area contributed by atoms with Crippen molar-refractivity contribution in [3.05, 3.63) is 0 Å². The van der Waals surface area contributed by atoms with Crippen LogP contribution in [0.3, 0.4) is 0 Å². The minimum atomic E-state index is 0.460. The van der Waals surface area contributed by atoms with E-state index in [4.69, 9.17) is 4.74 Å². The second kappa shape index (κ2) is 4.98. The molecule has 2 unspecified atom stereocenters. The second-order valence-electron chi connectivity index (χ2n) is 8.81. The summed E-state index contributed by atoms with van der Waals surface area (Å²) in [5, 5.41) is 3.69. The molecule has 2 nitrogen and oxygen atoms in total. The van der Waals surface area contributed by atoms with Crippen molar-refractivity contribution in [3.8, 4) is 0 Å². The van der Waals surface area contributed by atoms with Crippen molar-refractivity contribution in [2.24, 2.45) is 29.1 Å². The van der Waals surface area contributed by atoms with Crippen molar-refractivity contribution in [1.82, 2.24) is 5.32 Å². The Morgan fingerprint density at radius 3 is 2.15 bits per heavy atom. The zero-order chi connectivity index (χ0) is 13.7. The molecule has 114 valence electrons. The summed E-state index contributed by atoms with van der Waals surface area (Å²) >= 11 is 0. The number of nitrogens with one attached hydrogen (secondary N) is 1. The third-order valence-electron chi connectivity index (χ3n) is 6.56. The molecule has 5 fully saturated rings. The highest BCUT2D eigenvalue weighted by molar-refractivity contribution is 5.06. The van der Waals surface area contributed by atoms with Crippen LogP contribution >= 0.6 is 0 Å². The molecule has 1 N–H and O–H groups in total. The van der Waals surface area contributed by atoms with E-state index in [1.54, 1.807) is 0 Å². The van der Waals surface area contributed by atoms with Gasteiger partial charge in [-0.05, 0) is 74.0 Å². The van der Waals surface area contributed by atoms with Gasteiger partial charge in [0.25, 0.3) is 0 Å². The summed E-state index contributed by atoms with van der Waals surface area (Å²) in [6, 6.07) is 0. The van der Waals surface area contributed by atoms with Gasteiger partial charge in [0.05, 0.1) is 12.2 Å². The largest absolute Gasteiger partial charge is 0.372 e. The molecule has 1 heterocycles. The highest BCUT2D eigenvalue weighted by Crippen LogP contribution is 2.61. The molecule has 1 saturated heterocycles. The summed E-state index contributed by atoms with van der Waals surface area (Å²) < 4.78 is 6.62. The Balaban J connectivity index is 1.49. The Kier molecular flexibility index (Phi) is 3.38. The lowest BCUT2D eigenvalue weighted by atomic mass is 9.48. The number of hydrogen-bond acceptors (Lipinski definition) is 2. The molecule has 1 aliphatic heterocycles. The first kappa shape index (κ1) is 13.6. The molecule has 0 aromatic heterocycles. The van der Waals surface area contributed by atoms with E-state index in [0.29, 0.717) is 17.6 Å². The molecular formula is C18H31NO. The van der Waals surface area contributed by atoms with E-state index in [2.05, 4.69) is 19.2 Å². The van der Waals surface area contributed by atoms with Crippen molar-refractivity contribution in [3.63, 3.8) is 0 Å². The van der Waals surface area contributed by atoms with Crippen molar-refractivity contribution < 1.29 is 4.74 Å². The molecule has 4 bridgehead atoms. The predicted octanol–water partition coefficient (Wildman–Crippen LogP) is 3.61. The van der Waals surface area contributed by atoms with E-state index in [1.165, 1.54) is 44.9 Å². The summed E-state index contributed by atoms with van der Waals surface area (Å²) in [6.45, 7) is 6.82. The van der Waals surface area contributed by atoms with Gasteiger partial charge in [-0.25, -0.2) is 0 Å². The molecule has 20 heavy (non-hydrogen) atoms. The maximum Gasteiger partial charge on any atom is 0.0760 e. The Bertz CT molecular complexity index is 329. The predicted molar refractivity (Wildman–Crippen MR) is 81.6 cm³/mol. The molecule has 5 rings (SSSR count). The van der Waals surface area contributed by atoms with Gasteiger partial charge in [0.1, 0.15) is 0 Å². The van der Waals surface area contributed by atoms with Gasteiger partial charge in [0.15, 0.2) is 0 Å². The van der Waals surface area contributed by atoms with Gasteiger partial charge in [-0.3, -0.25) is 0 Å². The fraction of sp³-hybridized carbons (Fsp3) is 1.00. The maximum absolute atomic E-state index is 6.62. The van der Waals surface area contributed by atoms with Crippen LogP contribution < -0.4 is 5.32 Å². The average Bonchev–Trinajstić information content (AvgIpc) is 2.36. The summed E-state index contributed by atoms with van der Waals surface area (Å²) in [5.74, 6) is 3.86. The lowest BCUT2D eigenvalue weighted by molar-refractivity contribution is -0.172. The van der Waals surface area contributed by atoms with Crippen molar-refractivity contribution in [2.45, 2.75) is 71.0 Å². The first-order chi connectivity index (χ1) is 9.63. The average molecular weight is 277 g/mol. The Morgan fingerprint density at radius 1 is 1.00 bits per heavy atom. The third-order valence-corrected chi connectivity index (χ3v) is 6.56.